The van der Waals surface area contributed by atoms with Gasteiger partial charge < -0.3 is 9.84 Å². The van der Waals surface area contributed by atoms with Crippen LogP contribution >= 0.6 is 0 Å². The van der Waals surface area contributed by atoms with Gasteiger partial charge in [-0.2, -0.15) is 0 Å². The first kappa shape index (κ1) is 25.1. The van der Waals surface area contributed by atoms with Gasteiger partial charge in [0.15, 0.2) is 0 Å². The molecule has 0 spiro atoms. The van der Waals surface area contributed by atoms with Crippen LogP contribution in [0, 0.1) is 18.2 Å². The quantitative estimate of drug-likeness (QED) is 0.599. The van der Waals surface area contributed by atoms with E-state index in [-0.39, 0.29) is 31.3 Å². The molecule has 1 saturated heterocycles. The van der Waals surface area contributed by atoms with E-state index in [1.165, 1.54) is 24.3 Å². The smallest absolute Gasteiger partial charge is 0.416 e. The summed E-state index contributed by atoms with van der Waals surface area (Å²) in [7, 11) is 0. The fraction of sp³-hybridized carbons (Fsp3) is 0.364. The van der Waals surface area contributed by atoms with E-state index in [0.717, 1.165) is 4.90 Å². The topological polar surface area (TPSA) is 66.8 Å². The number of aliphatic hydroxyl groups excluding tert-OH is 1. The Morgan fingerprint density at radius 2 is 2.04 bits per heavy atom. The summed E-state index contributed by atoms with van der Waals surface area (Å²) in [6.45, 7) is 7.67. The van der Waals surface area contributed by atoms with Gasteiger partial charge in [0.25, 0.3) is 0 Å². The SMILES string of the molecule is C#C/C=C\C.C=CC.O=C(CCC[C@H](O)c1ccc(F)cc1)N1CCOC1=O. The highest BCUT2D eigenvalue weighted by atomic mass is 19.1. The van der Waals surface area contributed by atoms with Crippen molar-refractivity contribution in [2.24, 2.45) is 0 Å². The van der Waals surface area contributed by atoms with Crippen LogP contribution in [0.1, 0.15) is 44.8 Å². The number of nitrogens with zero attached hydrogens (tertiary/aromatic N) is 1. The number of cyclic esters (lactones) is 1. The van der Waals surface area contributed by atoms with Gasteiger partial charge in [-0.05, 0) is 50.5 Å². The van der Waals surface area contributed by atoms with E-state index in [4.69, 9.17) is 6.42 Å². The first-order valence-corrected chi connectivity index (χ1v) is 8.96. The summed E-state index contributed by atoms with van der Waals surface area (Å²) >= 11 is 0. The van der Waals surface area contributed by atoms with Crippen molar-refractivity contribution < 1.29 is 23.8 Å². The molecule has 2 amide bonds. The van der Waals surface area contributed by atoms with Crippen LogP contribution in [0.4, 0.5) is 9.18 Å². The Labute approximate surface area is 166 Å². The standard InChI is InChI=1S/C14H16FNO4.C5H6.C3H6/c15-11-6-4-10(5-7-11)12(17)2-1-3-13(18)16-8-9-20-14(16)19;1-3-5-4-2;1-3-2/h4-7,12,17H,1-3,8-9H2;1,4-5H,2H3;3H,1H2,2H3/b;5-4-;/t12-;;/m0../s1. The molecule has 1 fully saturated rings. The Balaban J connectivity index is 0.000000777. The Hall–Kier alpha value is -2.91. The number of aliphatic hydroxyl groups is 1. The van der Waals surface area contributed by atoms with E-state index in [1.54, 1.807) is 12.2 Å². The number of allylic oxidation sites excluding steroid dienone is 3. The zero-order valence-corrected chi connectivity index (χ0v) is 16.4. The molecule has 0 aliphatic carbocycles. The van der Waals surface area contributed by atoms with Crippen molar-refractivity contribution in [3.63, 3.8) is 0 Å². The van der Waals surface area contributed by atoms with E-state index in [1.807, 2.05) is 19.9 Å². The lowest BCUT2D eigenvalue weighted by Crippen LogP contribution is -2.31. The van der Waals surface area contributed by atoms with Crippen molar-refractivity contribution >= 4 is 12.0 Å². The molecule has 0 aromatic heterocycles. The molecule has 0 saturated carbocycles. The summed E-state index contributed by atoms with van der Waals surface area (Å²) in [5.41, 5.74) is 0.611. The van der Waals surface area contributed by atoms with E-state index in [2.05, 4.69) is 17.2 Å². The fourth-order valence-electron chi connectivity index (χ4n) is 2.15. The number of ether oxygens (including phenoxy) is 1. The third kappa shape index (κ3) is 10.3. The van der Waals surface area contributed by atoms with Gasteiger partial charge in [0.05, 0.1) is 12.6 Å². The third-order valence-electron chi connectivity index (χ3n) is 3.45. The Morgan fingerprint density at radius 3 is 2.46 bits per heavy atom. The molecule has 1 aromatic rings. The van der Waals surface area contributed by atoms with Crippen LogP contribution in [-0.2, 0) is 9.53 Å². The van der Waals surface area contributed by atoms with E-state index in [9.17, 15) is 19.1 Å². The molecule has 1 aliphatic rings. The van der Waals surface area contributed by atoms with Crippen LogP contribution in [0.3, 0.4) is 0 Å². The highest BCUT2D eigenvalue weighted by molar-refractivity contribution is 5.92. The average molecular weight is 389 g/mol. The first-order valence-electron chi connectivity index (χ1n) is 8.96. The molecule has 1 aliphatic heterocycles. The summed E-state index contributed by atoms with van der Waals surface area (Å²) < 4.78 is 17.4. The minimum atomic E-state index is -0.742. The molecule has 1 N–H and O–H groups in total. The van der Waals surface area contributed by atoms with E-state index in [0.29, 0.717) is 18.4 Å². The second kappa shape index (κ2) is 15.2. The predicted octanol–water partition coefficient (Wildman–Crippen LogP) is 4.40. The molecular formula is C22H28FNO4. The first-order chi connectivity index (χ1) is 13.4. The number of hydrogen-bond donors (Lipinski definition) is 1. The minimum absolute atomic E-state index is 0.174. The molecule has 0 unspecified atom stereocenters. The number of benzene rings is 1. The number of amides is 2. The van der Waals surface area contributed by atoms with Gasteiger partial charge in [-0.25, -0.2) is 14.1 Å². The molecule has 0 radical (unpaired) electrons. The zero-order valence-electron chi connectivity index (χ0n) is 16.4. The lowest BCUT2D eigenvalue weighted by atomic mass is 10.0. The summed E-state index contributed by atoms with van der Waals surface area (Å²) in [6.07, 6.45) is 9.67. The van der Waals surface area contributed by atoms with Crippen LogP contribution < -0.4 is 0 Å². The van der Waals surface area contributed by atoms with Gasteiger partial charge in [0.2, 0.25) is 5.91 Å². The van der Waals surface area contributed by atoms with Crippen LogP contribution in [0.2, 0.25) is 0 Å². The van der Waals surface area contributed by atoms with Crippen molar-refractivity contribution in [3.05, 3.63) is 60.5 Å². The summed E-state index contributed by atoms with van der Waals surface area (Å²) in [4.78, 5) is 24.0. The van der Waals surface area contributed by atoms with Crippen LogP contribution in [-0.4, -0.2) is 35.2 Å². The molecule has 6 heteroatoms. The largest absolute Gasteiger partial charge is 0.447 e. The third-order valence-corrected chi connectivity index (χ3v) is 3.45. The Morgan fingerprint density at radius 1 is 1.43 bits per heavy atom. The lowest BCUT2D eigenvalue weighted by molar-refractivity contribution is -0.127. The molecule has 1 aromatic carbocycles. The Kier molecular flexibility index (Phi) is 13.6. The summed E-state index contributed by atoms with van der Waals surface area (Å²) in [6, 6.07) is 5.59. The Bertz CT molecular complexity index is 677. The van der Waals surface area contributed by atoms with Crippen molar-refractivity contribution in [2.45, 2.75) is 39.2 Å². The number of hydrogen-bond acceptors (Lipinski definition) is 4. The van der Waals surface area contributed by atoms with Gasteiger partial charge in [-0.15, -0.1) is 13.0 Å². The van der Waals surface area contributed by atoms with Crippen LogP contribution in [0.25, 0.3) is 0 Å². The molecule has 1 atom stereocenters. The number of terminal acetylenes is 1. The second-order valence-electron chi connectivity index (χ2n) is 5.69. The van der Waals surface area contributed by atoms with Gasteiger partial charge in [-0.1, -0.05) is 30.2 Å². The maximum absolute atomic E-state index is 12.7. The molecule has 1 heterocycles. The van der Waals surface area contributed by atoms with Crippen LogP contribution in [0.15, 0.2) is 49.1 Å². The minimum Gasteiger partial charge on any atom is -0.447 e. The average Bonchev–Trinajstić information content (AvgIpc) is 3.10. The van der Waals surface area contributed by atoms with Crippen molar-refractivity contribution in [1.29, 1.82) is 0 Å². The van der Waals surface area contributed by atoms with Crippen LogP contribution in [0.5, 0.6) is 0 Å². The van der Waals surface area contributed by atoms with Gasteiger partial charge in [-0.3, -0.25) is 4.79 Å². The molecule has 5 nitrogen and oxygen atoms in total. The number of halogens is 1. The van der Waals surface area contributed by atoms with Crippen molar-refractivity contribution in [2.75, 3.05) is 13.2 Å². The highest BCUT2D eigenvalue weighted by Gasteiger charge is 2.27. The van der Waals surface area contributed by atoms with Gasteiger partial charge in [0.1, 0.15) is 12.4 Å². The molecular weight excluding hydrogens is 361 g/mol. The maximum atomic E-state index is 12.7. The number of carbonyl (C=O) groups excluding carboxylic acids is 2. The second-order valence-corrected chi connectivity index (χ2v) is 5.69. The molecule has 28 heavy (non-hydrogen) atoms. The predicted molar refractivity (Wildman–Crippen MR) is 108 cm³/mol. The fourth-order valence-corrected chi connectivity index (χ4v) is 2.15. The zero-order chi connectivity index (χ0) is 21.4. The number of rotatable bonds is 5. The van der Waals surface area contributed by atoms with Gasteiger partial charge >= 0.3 is 6.09 Å². The molecule has 0 bridgehead atoms. The number of imide groups is 1. The normalized spacial score (nSPS) is 13.4. The van der Waals surface area contributed by atoms with Crippen molar-refractivity contribution in [3.8, 4) is 12.3 Å². The molecule has 2 rings (SSSR count). The van der Waals surface area contributed by atoms with E-state index >= 15 is 0 Å². The maximum Gasteiger partial charge on any atom is 0.416 e. The van der Waals surface area contributed by atoms with Crippen molar-refractivity contribution in [1.82, 2.24) is 4.90 Å². The lowest BCUT2D eigenvalue weighted by Gasteiger charge is -2.13. The summed E-state index contributed by atoms with van der Waals surface area (Å²) in [5, 5.41) is 9.90. The van der Waals surface area contributed by atoms with Gasteiger partial charge in [0, 0.05) is 6.42 Å². The monoisotopic (exact) mass is 389 g/mol. The highest BCUT2D eigenvalue weighted by Crippen LogP contribution is 2.20. The number of carbonyl (C=O) groups is 2. The summed E-state index contributed by atoms with van der Waals surface area (Å²) in [5.74, 6) is 1.69. The molecule has 152 valence electrons. The van der Waals surface area contributed by atoms with E-state index < -0.39 is 12.2 Å².